The van der Waals surface area contributed by atoms with Gasteiger partial charge in [-0.1, -0.05) is 30.3 Å². The number of hydrogen-bond acceptors (Lipinski definition) is 4. The van der Waals surface area contributed by atoms with Crippen molar-refractivity contribution >= 4 is 0 Å². The van der Waals surface area contributed by atoms with Crippen LogP contribution < -0.4 is 14.8 Å². The fraction of sp³-hybridized carbons (Fsp3) is 0.368. The fourth-order valence-corrected chi connectivity index (χ4v) is 2.28. The van der Waals surface area contributed by atoms with Gasteiger partial charge in [0.05, 0.1) is 6.61 Å². The van der Waals surface area contributed by atoms with E-state index < -0.39 is 0 Å². The van der Waals surface area contributed by atoms with E-state index in [1.165, 1.54) is 11.1 Å². The van der Waals surface area contributed by atoms with Crippen molar-refractivity contribution in [2.24, 2.45) is 0 Å². The molecule has 0 aliphatic carbocycles. The number of ether oxygens (including phenoxy) is 2. The summed E-state index contributed by atoms with van der Waals surface area (Å²) in [5.74, 6) is 1.76. The number of para-hydroxylation sites is 1. The largest absolute Gasteiger partial charge is 0.490 e. The van der Waals surface area contributed by atoms with Crippen molar-refractivity contribution in [3.8, 4) is 11.5 Å². The van der Waals surface area contributed by atoms with E-state index in [1.807, 2.05) is 36.4 Å². The van der Waals surface area contributed by atoms with Crippen molar-refractivity contribution in [2.75, 3.05) is 26.4 Å². The first-order chi connectivity index (χ1) is 11.2. The third-order valence-corrected chi connectivity index (χ3v) is 3.73. The molecule has 0 spiro atoms. The average Bonchev–Trinajstić information content (AvgIpc) is 2.56. The van der Waals surface area contributed by atoms with E-state index in [0.717, 1.165) is 17.1 Å². The van der Waals surface area contributed by atoms with Crippen LogP contribution in [0, 0.1) is 13.8 Å². The lowest BCUT2D eigenvalue weighted by atomic mass is 10.1. The second kappa shape index (κ2) is 9.18. The third kappa shape index (κ3) is 5.27. The van der Waals surface area contributed by atoms with Gasteiger partial charge in [-0.3, -0.25) is 0 Å². The summed E-state index contributed by atoms with van der Waals surface area (Å²) in [6.07, 6.45) is 0. The third-order valence-electron chi connectivity index (χ3n) is 3.73. The van der Waals surface area contributed by atoms with Crippen LogP contribution in [0.3, 0.4) is 0 Å². The average molecular weight is 315 g/mol. The molecule has 0 amide bonds. The van der Waals surface area contributed by atoms with E-state index in [0.29, 0.717) is 26.3 Å². The van der Waals surface area contributed by atoms with Gasteiger partial charge >= 0.3 is 0 Å². The van der Waals surface area contributed by atoms with E-state index >= 15 is 0 Å². The number of aliphatic hydroxyl groups excluding tert-OH is 1. The first-order valence-electron chi connectivity index (χ1n) is 7.93. The van der Waals surface area contributed by atoms with Crippen molar-refractivity contribution in [3.63, 3.8) is 0 Å². The van der Waals surface area contributed by atoms with Gasteiger partial charge in [0.1, 0.15) is 24.7 Å². The quantitative estimate of drug-likeness (QED) is 0.699. The van der Waals surface area contributed by atoms with Gasteiger partial charge in [0.15, 0.2) is 0 Å². The zero-order valence-electron chi connectivity index (χ0n) is 13.8. The molecule has 0 aromatic heterocycles. The van der Waals surface area contributed by atoms with Crippen LogP contribution in [-0.4, -0.2) is 31.5 Å². The predicted octanol–water partition coefficient (Wildman–Crippen LogP) is 2.84. The summed E-state index contributed by atoms with van der Waals surface area (Å²) in [5.41, 5.74) is 3.47. The Hall–Kier alpha value is -2.04. The summed E-state index contributed by atoms with van der Waals surface area (Å²) in [5, 5.41) is 12.0. The second-order valence-corrected chi connectivity index (χ2v) is 5.40. The molecule has 23 heavy (non-hydrogen) atoms. The highest BCUT2D eigenvalue weighted by molar-refractivity contribution is 5.38. The van der Waals surface area contributed by atoms with E-state index in [-0.39, 0.29) is 6.61 Å². The highest BCUT2D eigenvalue weighted by Gasteiger charge is 2.04. The number of aliphatic hydroxyl groups is 1. The van der Waals surface area contributed by atoms with Gasteiger partial charge in [-0.2, -0.15) is 0 Å². The van der Waals surface area contributed by atoms with E-state index in [9.17, 15) is 0 Å². The lowest BCUT2D eigenvalue weighted by molar-refractivity contribution is 0.214. The Balaban J connectivity index is 1.83. The maximum Gasteiger partial charge on any atom is 0.123 e. The van der Waals surface area contributed by atoms with Crippen molar-refractivity contribution in [2.45, 2.75) is 20.4 Å². The lowest BCUT2D eigenvalue weighted by Crippen LogP contribution is -2.18. The highest BCUT2D eigenvalue weighted by Crippen LogP contribution is 2.21. The van der Waals surface area contributed by atoms with Gasteiger partial charge in [-0.05, 0) is 37.1 Å². The SMILES string of the molecule is Cc1cccc(OCCOc2ccccc2CNCCO)c1C. The van der Waals surface area contributed by atoms with Crippen LogP contribution in [0.5, 0.6) is 11.5 Å². The molecule has 0 radical (unpaired) electrons. The number of rotatable bonds is 9. The summed E-state index contributed by atoms with van der Waals surface area (Å²) in [4.78, 5) is 0. The summed E-state index contributed by atoms with van der Waals surface area (Å²) in [7, 11) is 0. The van der Waals surface area contributed by atoms with Crippen LogP contribution in [0.15, 0.2) is 42.5 Å². The molecule has 124 valence electrons. The molecule has 2 aromatic rings. The molecule has 2 N–H and O–H groups in total. The molecule has 0 fully saturated rings. The van der Waals surface area contributed by atoms with Gasteiger partial charge in [-0.25, -0.2) is 0 Å². The summed E-state index contributed by atoms with van der Waals surface area (Å²) < 4.78 is 11.6. The smallest absolute Gasteiger partial charge is 0.123 e. The molecule has 4 nitrogen and oxygen atoms in total. The predicted molar refractivity (Wildman–Crippen MR) is 92.1 cm³/mol. The molecular formula is C19H25NO3. The van der Waals surface area contributed by atoms with Crippen LogP contribution in [0.2, 0.25) is 0 Å². The number of benzene rings is 2. The van der Waals surface area contributed by atoms with Gasteiger partial charge in [0, 0.05) is 18.7 Å². The molecule has 0 saturated heterocycles. The van der Waals surface area contributed by atoms with Crippen molar-refractivity contribution < 1.29 is 14.6 Å². The van der Waals surface area contributed by atoms with Gasteiger partial charge in [0.25, 0.3) is 0 Å². The maximum absolute atomic E-state index is 8.83. The topological polar surface area (TPSA) is 50.7 Å². The van der Waals surface area contributed by atoms with E-state index in [2.05, 4.69) is 25.2 Å². The van der Waals surface area contributed by atoms with Crippen LogP contribution >= 0.6 is 0 Å². The Kier molecular flexibility index (Phi) is 6.91. The zero-order chi connectivity index (χ0) is 16.5. The van der Waals surface area contributed by atoms with Crippen molar-refractivity contribution in [1.82, 2.24) is 5.32 Å². The highest BCUT2D eigenvalue weighted by atomic mass is 16.5. The number of aryl methyl sites for hydroxylation is 1. The summed E-state index contributed by atoms with van der Waals surface area (Å²) >= 11 is 0. The van der Waals surface area contributed by atoms with Gasteiger partial charge in [-0.15, -0.1) is 0 Å². The molecule has 0 atom stereocenters. The maximum atomic E-state index is 8.83. The first-order valence-corrected chi connectivity index (χ1v) is 7.93. The van der Waals surface area contributed by atoms with Crippen molar-refractivity contribution in [1.29, 1.82) is 0 Å². The summed E-state index contributed by atoms with van der Waals surface area (Å²) in [6, 6.07) is 14.0. The molecule has 0 heterocycles. The van der Waals surface area contributed by atoms with E-state index in [4.69, 9.17) is 14.6 Å². The molecule has 0 aliphatic heterocycles. The Bertz CT molecular complexity index is 613. The van der Waals surface area contributed by atoms with Crippen LogP contribution in [0.1, 0.15) is 16.7 Å². The molecule has 0 saturated carbocycles. The zero-order valence-corrected chi connectivity index (χ0v) is 13.8. The monoisotopic (exact) mass is 315 g/mol. The Morgan fingerprint density at radius 3 is 2.39 bits per heavy atom. The molecule has 0 unspecified atom stereocenters. The van der Waals surface area contributed by atoms with Crippen LogP contribution in [0.25, 0.3) is 0 Å². The molecule has 2 aromatic carbocycles. The van der Waals surface area contributed by atoms with Crippen LogP contribution in [0.4, 0.5) is 0 Å². The Morgan fingerprint density at radius 1 is 0.913 bits per heavy atom. The first kappa shape index (κ1) is 17.3. The fourth-order valence-electron chi connectivity index (χ4n) is 2.28. The van der Waals surface area contributed by atoms with Gasteiger partial charge in [0.2, 0.25) is 0 Å². The second-order valence-electron chi connectivity index (χ2n) is 5.40. The molecule has 2 rings (SSSR count). The molecule has 0 bridgehead atoms. The number of hydrogen-bond donors (Lipinski definition) is 2. The van der Waals surface area contributed by atoms with Gasteiger partial charge < -0.3 is 19.9 Å². The minimum Gasteiger partial charge on any atom is -0.490 e. The van der Waals surface area contributed by atoms with E-state index in [1.54, 1.807) is 0 Å². The number of nitrogens with one attached hydrogen (secondary N) is 1. The standard InChI is InChI=1S/C19H25NO3/c1-15-6-5-9-18(16(15)2)22-12-13-23-19-8-4-3-7-17(19)14-20-10-11-21/h3-9,20-21H,10-14H2,1-2H3. The summed E-state index contributed by atoms with van der Waals surface area (Å²) in [6.45, 7) is 6.51. The normalized spacial score (nSPS) is 10.6. The minimum atomic E-state index is 0.132. The Labute approximate surface area is 138 Å². The Morgan fingerprint density at radius 2 is 1.61 bits per heavy atom. The molecule has 4 heteroatoms. The molecule has 0 aliphatic rings. The minimum absolute atomic E-state index is 0.132. The molecular weight excluding hydrogens is 290 g/mol. The van der Waals surface area contributed by atoms with Crippen molar-refractivity contribution in [3.05, 3.63) is 59.2 Å². The lowest BCUT2D eigenvalue weighted by Gasteiger charge is -2.14. The van der Waals surface area contributed by atoms with Crippen LogP contribution in [-0.2, 0) is 6.54 Å².